The Labute approximate surface area is 66.7 Å². The van der Waals surface area contributed by atoms with E-state index in [1.807, 2.05) is 6.92 Å². The molecule has 3 nitrogen and oxygen atoms in total. The molecule has 0 radical (unpaired) electrons. The van der Waals surface area contributed by atoms with Crippen molar-refractivity contribution in [1.29, 1.82) is 0 Å². The number of carbonyl (C=O) groups excluding carboxylic acids is 1. The molecule has 1 aliphatic heterocycles. The van der Waals surface area contributed by atoms with Crippen molar-refractivity contribution < 1.29 is 14.3 Å². The maximum absolute atomic E-state index is 10.6. The molecule has 0 N–H and O–H groups in total. The molecule has 11 heavy (non-hydrogen) atoms. The molecule has 64 valence electrons. The predicted molar refractivity (Wildman–Crippen MR) is 40.3 cm³/mol. The van der Waals surface area contributed by atoms with E-state index >= 15 is 0 Å². The van der Waals surface area contributed by atoms with Gasteiger partial charge in [0.25, 0.3) is 0 Å². The highest BCUT2D eigenvalue weighted by Crippen LogP contribution is 2.19. The molecule has 1 fully saturated rings. The molecule has 0 aromatic rings. The van der Waals surface area contributed by atoms with Gasteiger partial charge in [-0.05, 0) is 19.8 Å². The molecule has 1 aliphatic rings. The van der Waals surface area contributed by atoms with Crippen LogP contribution in [0, 0.1) is 0 Å². The van der Waals surface area contributed by atoms with E-state index in [0.29, 0.717) is 0 Å². The van der Waals surface area contributed by atoms with Gasteiger partial charge in [-0.15, -0.1) is 0 Å². The third-order valence-electron chi connectivity index (χ3n) is 1.90. The molecule has 0 bridgehead atoms. The quantitative estimate of drug-likeness (QED) is 0.590. The van der Waals surface area contributed by atoms with Crippen molar-refractivity contribution in [3.8, 4) is 0 Å². The van der Waals surface area contributed by atoms with Gasteiger partial charge in [-0.3, -0.25) is 0 Å². The second-order valence-electron chi connectivity index (χ2n) is 2.87. The van der Waals surface area contributed by atoms with Crippen molar-refractivity contribution in [2.75, 3.05) is 0 Å². The average Bonchev–Trinajstić information content (AvgIpc) is 2.26. The number of rotatable bonds is 3. The topological polar surface area (TPSA) is 35.5 Å². The number of hydrogen-bond acceptors (Lipinski definition) is 3. The summed E-state index contributed by atoms with van der Waals surface area (Å²) < 4.78 is 9.72. The minimum absolute atomic E-state index is 0.0116. The van der Waals surface area contributed by atoms with E-state index in [1.165, 1.54) is 0 Å². The van der Waals surface area contributed by atoms with Gasteiger partial charge >= 0.3 is 6.16 Å². The lowest BCUT2D eigenvalue weighted by molar-refractivity contribution is 0.115. The van der Waals surface area contributed by atoms with Gasteiger partial charge in [0, 0.05) is 0 Å². The Morgan fingerprint density at radius 1 is 1.45 bits per heavy atom. The fourth-order valence-corrected chi connectivity index (χ4v) is 1.17. The zero-order valence-corrected chi connectivity index (χ0v) is 7.00. The zero-order chi connectivity index (χ0) is 8.27. The van der Waals surface area contributed by atoms with Crippen LogP contribution in [0.4, 0.5) is 4.79 Å². The summed E-state index contributed by atoms with van der Waals surface area (Å²) in [5, 5.41) is 0. The van der Waals surface area contributed by atoms with E-state index in [9.17, 15) is 4.79 Å². The molecule has 0 aromatic carbocycles. The highest BCUT2D eigenvalue weighted by atomic mass is 16.8. The first kappa shape index (κ1) is 8.37. The number of unbranched alkanes of at least 4 members (excludes halogenated alkanes) is 1. The SMILES string of the molecule is CCCC[C@H]1OC(=O)O[C@H]1C. The van der Waals surface area contributed by atoms with Crippen LogP contribution < -0.4 is 0 Å². The smallest absolute Gasteiger partial charge is 0.427 e. The molecule has 3 heteroatoms. The van der Waals surface area contributed by atoms with E-state index in [-0.39, 0.29) is 12.2 Å². The molecule has 2 atom stereocenters. The van der Waals surface area contributed by atoms with E-state index in [2.05, 4.69) is 6.92 Å². The highest BCUT2D eigenvalue weighted by Gasteiger charge is 2.31. The third-order valence-corrected chi connectivity index (χ3v) is 1.90. The first-order valence-electron chi connectivity index (χ1n) is 4.11. The van der Waals surface area contributed by atoms with Gasteiger partial charge in [0.15, 0.2) is 0 Å². The molecule has 1 rings (SSSR count). The van der Waals surface area contributed by atoms with Crippen LogP contribution in [-0.2, 0) is 9.47 Å². The Bertz CT molecular complexity index is 144. The van der Waals surface area contributed by atoms with Crippen LogP contribution in [0.3, 0.4) is 0 Å². The van der Waals surface area contributed by atoms with E-state index in [1.54, 1.807) is 0 Å². The molecule has 0 unspecified atom stereocenters. The van der Waals surface area contributed by atoms with Crippen molar-refractivity contribution in [3.05, 3.63) is 0 Å². The number of carbonyl (C=O) groups is 1. The van der Waals surface area contributed by atoms with Crippen LogP contribution in [0.2, 0.25) is 0 Å². The van der Waals surface area contributed by atoms with Gasteiger partial charge in [-0.25, -0.2) is 4.79 Å². The Morgan fingerprint density at radius 3 is 2.64 bits per heavy atom. The van der Waals surface area contributed by atoms with Crippen molar-refractivity contribution >= 4 is 6.16 Å². The monoisotopic (exact) mass is 158 g/mol. The summed E-state index contributed by atoms with van der Waals surface area (Å²) in [4.78, 5) is 10.6. The number of cyclic esters (lactones) is 2. The molecular formula is C8H14O3. The first-order valence-corrected chi connectivity index (χ1v) is 4.11. The Hall–Kier alpha value is -0.730. The maximum atomic E-state index is 10.6. The summed E-state index contributed by atoms with van der Waals surface area (Å²) in [7, 11) is 0. The molecule has 0 amide bonds. The van der Waals surface area contributed by atoms with Crippen LogP contribution in [0.25, 0.3) is 0 Å². The first-order chi connectivity index (χ1) is 5.24. The van der Waals surface area contributed by atoms with E-state index < -0.39 is 6.16 Å². The Kier molecular flexibility index (Phi) is 2.74. The summed E-state index contributed by atoms with van der Waals surface area (Å²) in [5.74, 6) is 0. The fourth-order valence-electron chi connectivity index (χ4n) is 1.17. The average molecular weight is 158 g/mol. The summed E-state index contributed by atoms with van der Waals surface area (Å²) in [6.07, 6.45) is 2.55. The van der Waals surface area contributed by atoms with Crippen molar-refractivity contribution in [1.82, 2.24) is 0 Å². The predicted octanol–water partition coefficient (Wildman–Crippen LogP) is 2.10. The van der Waals surface area contributed by atoms with Crippen LogP contribution in [-0.4, -0.2) is 18.4 Å². The zero-order valence-electron chi connectivity index (χ0n) is 7.00. The summed E-state index contributed by atoms with van der Waals surface area (Å²) in [5.41, 5.74) is 0. The Morgan fingerprint density at radius 2 is 2.18 bits per heavy atom. The van der Waals surface area contributed by atoms with E-state index in [0.717, 1.165) is 19.3 Å². The van der Waals surface area contributed by atoms with Crippen LogP contribution in [0.1, 0.15) is 33.1 Å². The second-order valence-corrected chi connectivity index (χ2v) is 2.87. The molecule has 0 saturated carbocycles. The number of hydrogen-bond donors (Lipinski definition) is 0. The molecule has 1 saturated heterocycles. The number of ether oxygens (including phenoxy) is 2. The van der Waals surface area contributed by atoms with Crippen LogP contribution in [0.15, 0.2) is 0 Å². The van der Waals surface area contributed by atoms with E-state index in [4.69, 9.17) is 9.47 Å². The van der Waals surface area contributed by atoms with Gasteiger partial charge in [0.2, 0.25) is 0 Å². The lowest BCUT2D eigenvalue weighted by Crippen LogP contribution is -2.18. The van der Waals surface area contributed by atoms with Gasteiger partial charge in [-0.1, -0.05) is 13.3 Å². The van der Waals surface area contributed by atoms with Crippen LogP contribution >= 0.6 is 0 Å². The third kappa shape index (κ3) is 2.10. The van der Waals surface area contributed by atoms with Gasteiger partial charge in [0.1, 0.15) is 12.2 Å². The molecule has 0 spiro atoms. The van der Waals surface area contributed by atoms with Gasteiger partial charge in [-0.2, -0.15) is 0 Å². The highest BCUT2D eigenvalue weighted by molar-refractivity contribution is 5.62. The molecular weight excluding hydrogens is 144 g/mol. The minimum atomic E-state index is -0.515. The maximum Gasteiger partial charge on any atom is 0.509 e. The van der Waals surface area contributed by atoms with Crippen LogP contribution in [0.5, 0.6) is 0 Å². The summed E-state index contributed by atoms with van der Waals surface area (Å²) >= 11 is 0. The summed E-state index contributed by atoms with van der Waals surface area (Å²) in [6, 6.07) is 0. The largest absolute Gasteiger partial charge is 0.509 e. The van der Waals surface area contributed by atoms with Gasteiger partial charge in [0.05, 0.1) is 0 Å². The molecule has 1 heterocycles. The fraction of sp³-hybridized carbons (Fsp3) is 0.875. The van der Waals surface area contributed by atoms with Crippen molar-refractivity contribution in [2.24, 2.45) is 0 Å². The second kappa shape index (κ2) is 3.60. The summed E-state index contributed by atoms with van der Waals surface area (Å²) in [6.45, 7) is 3.98. The molecule has 0 aromatic heterocycles. The normalized spacial score (nSPS) is 29.8. The Balaban J connectivity index is 2.28. The molecule has 0 aliphatic carbocycles. The minimum Gasteiger partial charge on any atom is -0.427 e. The lowest BCUT2D eigenvalue weighted by atomic mass is 10.1. The standard InChI is InChI=1S/C8H14O3/c1-3-4-5-7-6(2)10-8(9)11-7/h6-7H,3-5H2,1-2H3/t6-,7+/m0/s1. The lowest BCUT2D eigenvalue weighted by Gasteiger charge is -2.08. The van der Waals surface area contributed by atoms with Crippen molar-refractivity contribution in [2.45, 2.75) is 45.3 Å². The van der Waals surface area contributed by atoms with Crippen molar-refractivity contribution in [3.63, 3.8) is 0 Å². The van der Waals surface area contributed by atoms with Gasteiger partial charge < -0.3 is 9.47 Å².